The molecule has 0 bridgehead atoms. The maximum atomic E-state index is 5.26. The van der Waals surface area contributed by atoms with Crippen molar-refractivity contribution in [2.24, 2.45) is 0 Å². The van der Waals surface area contributed by atoms with Gasteiger partial charge in [0.15, 0.2) is 5.82 Å². The van der Waals surface area contributed by atoms with Gasteiger partial charge in [0.1, 0.15) is 5.75 Å². The van der Waals surface area contributed by atoms with Crippen LogP contribution in [0.3, 0.4) is 0 Å². The lowest BCUT2D eigenvalue weighted by Crippen LogP contribution is -2.35. The van der Waals surface area contributed by atoms with Crippen LogP contribution in [0.5, 0.6) is 5.75 Å². The lowest BCUT2D eigenvalue weighted by molar-refractivity contribution is 0.415. The van der Waals surface area contributed by atoms with Crippen LogP contribution in [0.1, 0.15) is 32.2 Å². The molecule has 0 aliphatic carbocycles. The molecule has 1 aromatic heterocycles. The molecule has 0 aliphatic rings. The monoisotopic (exact) mass is 285 g/mol. The highest BCUT2D eigenvalue weighted by Crippen LogP contribution is 2.21. The van der Waals surface area contributed by atoms with Crippen LogP contribution < -0.4 is 10.1 Å². The van der Waals surface area contributed by atoms with Gasteiger partial charge < -0.3 is 10.1 Å². The maximum Gasteiger partial charge on any atom is 0.159 e. The Morgan fingerprint density at radius 1 is 1.14 bits per heavy atom. The van der Waals surface area contributed by atoms with Crippen molar-refractivity contribution >= 4 is 0 Å². The van der Waals surface area contributed by atoms with Gasteiger partial charge in [0.05, 0.1) is 12.8 Å². The molecule has 4 nitrogen and oxygen atoms in total. The van der Waals surface area contributed by atoms with E-state index in [4.69, 9.17) is 4.74 Å². The molecular formula is C17H23N3O. The molecule has 0 saturated carbocycles. The largest absolute Gasteiger partial charge is 0.497 e. The van der Waals surface area contributed by atoms with Crippen molar-refractivity contribution < 1.29 is 4.74 Å². The van der Waals surface area contributed by atoms with E-state index in [0.29, 0.717) is 0 Å². The maximum absolute atomic E-state index is 5.26. The van der Waals surface area contributed by atoms with Crippen molar-refractivity contribution in [2.75, 3.05) is 7.11 Å². The van der Waals surface area contributed by atoms with E-state index in [1.165, 1.54) is 0 Å². The van der Waals surface area contributed by atoms with Crippen LogP contribution in [-0.4, -0.2) is 22.6 Å². The van der Waals surface area contributed by atoms with E-state index in [9.17, 15) is 0 Å². The Balaban J connectivity index is 2.29. The minimum atomic E-state index is 0.0645. The first-order valence-electron chi connectivity index (χ1n) is 7.11. The Kier molecular flexibility index (Phi) is 4.58. The smallest absolute Gasteiger partial charge is 0.159 e. The van der Waals surface area contributed by atoms with Crippen LogP contribution in [0, 0.1) is 6.92 Å². The summed E-state index contributed by atoms with van der Waals surface area (Å²) in [4.78, 5) is 9.18. The van der Waals surface area contributed by atoms with Crippen LogP contribution in [0.15, 0.2) is 30.3 Å². The van der Waals surface area contributed by atoms with Gasteiger partial charge in [0, 0.05) is 23.3 Å². The van der Waals surface area contributed by atoms with E-state index >= 15 is 0 Å². The zero-order valence-corrected chi connectivity index (χ0v) is 13.4. The van der Waals surface area contributed by atoms with Crippen LogP contribution in [0.2, 0.25) is 0 Å². The highest BCUT2D eigenvalue weighted by atomic mass is 16.5. The molecule has 4 heteroatoms. The van der Waals surface area contributed by atoms with E-state index in [1.807, 2.05) is 37.3 Å². The second-order valence-electron chi connectivity index (χ2n) is 6.16. The van der Waals surface area contributed by atoms with Crippen molar-refractivity contribution in [3.8, 4) is 17.1 Å². The van der Waals surface area contributed by atoms with Gasteiger partial charge in [-0.25, -0.2) is 9.97 Å². The molecule has 0 aliphatic heterocycles. The van der Waals surface area contributed by atoms with Gasteiger partial charge in [-0.05, 0) is 45.9 Å². The molecule has 0 fully saturated rings. The summed E-state index contributed by atoms with van der Waals surface area (Å²) in [6.07, 6.45) is 0. The van der Waals surface area contributed by atoms with Crippen molar-refractivity contribution in [1.82, 2.24) is 15.3 Å². The quantitative estimate of drug-likeness (QED) is 0.936. The number of nitrogens with one attached hydrogen (secondary N) is 1. The molecule has 0 amide bonds. The predicted molar refractivity (Wildman–Crippen MR) is 85.3 cm³/mol. The van der Waals surface area contributed by atoms with E-state index in [1.54, 1.807) is 7.11 Å². The minimum absolute atomic E-state index is 0.0645. The number of nitrogens with zero attached hydrogens (tertiary/aromatic N) is 2. The first kappa shape index (κ1) is 15.4. The highest BCUT2D eigenvalue weighted by molar-refractivity contribution is 5.57. The number of hydrogen-bond acceptors (Lipinski definition) is 4. The lowest BCUT2D eigenvalue weighted by atomic mass is 10.1. The van der Waals surface area contributed by atoms with Crippen LogP contribution >= 0.6 is 0 Å². The molecule has 0 radical (unpaired) electrons. The molecule has 1 aromatic carbocycles. The van der Waals surface area contributed by atoms with Gasteiger partial charge in [0.2, 0.25) is 0 Å². The Morgan fingerprint density at radius 2 is 1.90 bits per heavy atom. The number of aryl methyl sites for hydroxylation is 1. The summed E-state index contributed by atoms with van der Waals surface area (Å²) in [6, 6.07) is 9.84. The van der Waals surface area contributed by atoms with Crippen molar-refractivity contribution in [2.45, 2.75) is 39.8 Å². The Morgan fingerprint density at radius 3 is 2.57 bits per heavy atom. The molecular weight excluding hydrogens is 262 g/mol. The number of rotatable bonds is 4. The molecule has 21 heavy (non-hydrogen) atoms. The Labute approximate surface area is 126 Å². The lowest BCUT2D eigenvalue weighted by Gasteiger charge is -2.20. The standard InChI is InChI=1S/C17H23N3O/c1-12-9-14(11-18-17(2,3)4)20-16(19-12)13-7-6-8-15(10-13)21-5/h6-10,18H,11H2,1-5H3. The van der Waals surface area contributed by atoms with Gasteiger partial charge in [-0.2, -0.15) is 0 Å². The summed E-state index contributed by atoms with van der Waals surface area (Å²) >= 11 is 0. The third-order valence-corrected chi connectivity index (χ3v) is 3.04. The molecule has 2 rings (SSSR count). The van der Waals surface area contributed by atoms with E-state index in [2.05, 4.69) is 36.1 Å². The average molecular weight is 285 g/mol. The first-order chi connectivity index (χ1) is 9.87. The third kappa shape index (κ3) is 4.53. The summed E-state index contributed by atoms with van der Waals surface area (Å²) in [5.41, 5.74) is 2.99. The van der Waals surface area contributed by atoms with E-state index < -0.39 is 0 Å². The van der Waals surface area contributed by atoms with Crippen molar-refractivity contribution in [3.63, 3.8) is 0 Å². The fourth-order valence-corrected chi connectivity index (χ4v) is 1.97. The molecule has 1 N–H and O–H groups in total. The molecule has 1 heterocycles. The topological polar surface area (TPSA) is 47.0 Å². The third-order valence-electron chi connectivity index (χ3n) is 3.04. The highest BCUT2D eigenvalue weighted by Gasteiger charge is 2.11. The SMILES string of the molecule is COc1cccc(-c2nc(C)cc(CNC(C)(C)C)n2)c1. The molecule has 0 spiro atoms. The summed E-state index contributed by atoms with van der Waals surface area (Å²) in [7, 11) is 1.66. The first-order valence-corrected chi connectivity index (χ1v) is 7.11. The minimum Gasteiger partial charge on any atom is -0.497 e. The molecule has 0 atom stereocenters. The summed E-state index contributed by atoms with van der Waals surface area (Å²) in [6.45, 7) is 9.15. The van der Waals surface area contributed by atoms with E-state index in [-0.39, 0.29) is 5.54 Å². The molecule has 0 saturated heterocycles. The Bertz CT molecular complexity index is 618. The predicted octanol–water partition coefficient (Wildman–Crippen LogP) is 3.35. The van der Waals surface area contributed by atoms with Crippen molar-refractivity contribution in [3.05, 3.63) is 41.7 Å². The zero-order valence-electron chi connectivity index (χ0n) is 13.4. The second kappa shape index (κ2) is 6.22. The van der Waals surface area contributed by atoms with Gasteiger partial charge in [-0.3, -0.25) is 0 Å². The van der Waals surface area contributed by atoms with E-state index in [0.717, 1.165) is 35.1 Å². The second-order valence-corrected chi connectivity index (χ2v) is 6.16. The van der Waals surface area contributed by atoms with Crippen LogP contribution in [0.4, 0.5) is 0 Å². The molecule has 0 unspecified atom stereocenters. The normalized spacial score (nSPS) is 11.5. The number of hydrogen-bond donors (Lipinski definition) is 1. The van der Waals surface area contributed by atoms with Crippen molar-refractivity contribution in [1.29, 1.82) is 0 Å². The summed E-state index contributed by atoms with van der Waals surface area (Å²) < 4.78 is 5.26. The number of ether oxygens (including phenoxy) is 1. The number of methoxy groups -OCH3 is 1. The summed E-state index contributed by atoms with van der Waals surface area (Å²) in [5.74, 6) is 1.55. The fraction of sp³-hybridized carbons (Fsp3) is 0.412. The number of benzene rings is 1. The molecule has 2 aromatic rings. The summed E-state index contributed by atoms with van der Waals surface area (Å²) in [5, 5.41) is 3.45. The fourth-order valence-electron chi connectivity index (χ4n) is 1.97. The van der Waals surface area contributed by atoms with Gasteiger partial charge in [0.25, 0.3) is 0 Å². The van der Waals surface area contributed by atoms with Crippen LogP contribution in [-0.2, 0) is 6.54 Å². The van der Waals surface area contributed by atoms with Gasteiger partial charge in [-0.1, -0.05) is 12.1 Å². The van der Waals surface area contributed by atoms with Crippen LogP contribution in [0.25, 0.3) is 11.4 Å². The van der Waals surface area contributed by atoms with Gasteiger partial charge in [-0.15, -0.1) is 0 Å². The molecule has 112 valence electrons. The average Bonchev–Trinajstić information content (AvgIpc) is 2.44. The Hall–Kier alpha value is -1.94. The zero-order chi connectivity index (χ0) is 15.5. The number of aromatic nitrogens is 2. The van der Waals surface area contributed by atoms with Gasteiger partial charge >= 0.3 is 0 Å².